The molecule has 1 aliphatic carbocycles. The predicted molar refractivity (Wildman–Crippen MR) is 89.9 cm³/mol. The fourth-order valence-corrected chi connectivity index (χ4v) is 3.28. The Balaban J connectivity index is 1.51. The molecule has 0 unspecified atom stereocenters. The van der Waals surface area contributed by atoms with E-state index in [2.05, 4.69) is 20.6 Å². The van der Waals surface area contributed by atoms with Gasteiger partial charge in [-0.1, -0.05) is 11.6 Å². The summed E-state index contributed by atoms with van der Waals surface area (Å²) in [4.78, 5) is 30.4. The normalized spacial score (nSPS) is 20.7. The number of nitrogens with zero attached hydrogens (tertiary/aromatic N) is 1. The number of amides is 2. The summed E-state index contributed by atoms with van der Waals surface area (Å²) < 4.78 is 0. The molecule has 1 saturated carbocycles. The Morgan fingerprint density at radius 3 is 2.75 bits per heavy atom. The van der Waals surface area contributed by atoms with Gasteiger partial charge in [0.25, 0.3) is 0 Å². The first-order valence-corrected chi connectivity index (χ1v) is 8.30. The summed E-state index contributed by atoms with van der Waals surface area (Å²) in [5, 5.41) is 14.7. The summed E-state index contributed by atoms with van der Waals surface area (Å²) in [5.41, 5.74) is 1.65. The second kappa shape index (κ2) is 7.09. The van der Waals surface area contributed by atoms with Crippen molar-refractivity contribution in [1.82, 2.24) is 20.6 Å². The molecule has 0 atom stereocenters. The number of fused-ring (bicyclic) bond motifs is 1. The number of aromatic nitrogens is 2. The van der Waals surface area contributed by atoms with E-state index in [1.54, 1.807) is 12.1 Å². The van der Waals surface area contributed by atoms with Crippen molar-refractivity contribution in [1.29, 1.82) is 0 Å². The maximum atomic E-state index is 12.3. The molecule has 128 valence electrons. The Labute approximate surface area is 143 Å². The molecule has 0 radical (unpaired) electrons. The van der Waals surface area contributed by atoms with Crippen molar-refractivity contribution >= 4 is 34.6 Å². The first-order valence-electron chi connectivity index (χ1n) is 7.92. The van der Waals surface area contributed by atoms with Crippen molar-refractivity contribution < 1.29 is 14.7 Å². The molecule has 3 rings (SSSR count). The van der Waals surface area contributed by atoms with Gasteiger partial charge in [0.05, 0.1) is 17.6 Å². The summed E-state index contributed by atoms with van der Waals surface area (Å²) in [6.45, 7) is 0.332. The quantitative estimate of drug-likeness (QED) is 0.680. The van der Waals surface area contributed by atoms with Gasteiger partial charge in [0, 0.05) is 17.0 Å². The molecular formula is C16H19ClN4O3. The molecule has 24 heavy (non-hydrogen) atoms. The summed E-state index contributed by atoms with van der Waals surface area (Å²) in [5.74, 6) is 0.597. The molecule has 1 fully saturated rings. The minimum Gasteiger partial charge on any atom is -0.465 e. The minimum atomic E-state index is -1.01. The Morgan fingerprint density at radius 1 is 1.29 bits per heavy atom. The van der Waals surface area contributed by atoms with Crippen LogP contribution in [0.2, 0.25) is 5.02 Å². The van der Waals surface area contributed by atoms with Crippen LogP contribution in [-0.4, -0.2) is 33.1 Å². The van der Waals surface area contributed by atoms with E-state index in [4.69, 9.17) is 16.7 Å². The topological polar surface area (TPSA) is 107 Å². The number of nitrogens with one attached hydrogen (secondary N) is 3. The molecule has 1 heterocycles. The zero-order chi connectivity index (χ0) is 17.1. The second-order valence-electron chi connectivity index (χ2n) is 6.06. The summed E-state index contributed by atoms with van der Waals surface area (Å²) in [6, 6.07) is 5.35. The number of H-pyrrole nitrogens is 1. The van der Waals surface area contributed by atoms with Crippen molar-refractivity contribution in [2.75, 3.05) is 0 Å². The Kier molecular flexibility index (Phi) is 4.89. The van der Waals surface area contributed by atoms with Crippen molar-refractivity contribution in [2.24, 2.45) is 5.92 Å². The Hall–Kier alpha value is -2.28. The van der Waals surface area contributed by atoms with Crippen molar-refractivity contribution in [2.45, 2.75) is 38.3 Å². The summed E-state index contributed by atoms with van der Waals surface area (Å²) in [7, 11) is 0. The first kappa shape index (κ1) is 16.6. The molecule has 0 aliphatic heterocycles. The third kappa shape index (κ3) is 3.97. The molecule has 0 spiro atoms. The van der Waals surface area contributed by atoms with E-state index in [0.29, 0.717) is 43.1 Å². The molecule has 0 saturated heterocycles. The number of hydrogen-bond acceptors (Lipinski definition) is 3. The number of carbonyl (C=O) groups is 2. The summed E-state index contributed by atoms with van der Waals surface area (Å²) >= 11 is 5.94. The highest BCUT2D eigenvalue weighted by atomic mass is 35.5. The predicted octanol–water partition coefficient (Wildman–Crippen LogP) is 2.66. The van der Waals surface area contributed by atoms with Gasteiger partial charge < -0.3 is 20.7 Å². The number of carboxylic acid groups (broad SMARTS) is 1. The molecule has 8 heteroatoms. The van der Waals surface area contributed by atoms with Gasteiger partial charge in [-0.15, -0.1) is 0 Å². The number of halogens is 1. The Morgan fingerprint density at radius 2 is 2.04 bits per heavy atom. The van der Waals surface area contributed by atoms with Gasteiger partial charge in [0.2, 0.25) is 5.91 Å². The average Bonchev–Trinajstić information content (AvgIpc) is 2.94. The van der Waals surface area contributed by atoms with E-state index in [9.17, 15) is 9.59 Å². The molecule has 0 bridgehead atoms. The highest BCUT2D eigenvalue weighted by molar-refractivity contribution is 6.31. The summed E-state index contributed by atoms with van der Waals surface area (Å²) in [6.07, 6.45) is 1.74. The second-order valence-corrected chi connectivity index (χ2v) is 6.50. The largest absolute Gasteiger partial charge is 0.465 e. The van der Waals surface area contributed by atoms with Crippen LogP contribution in [0.15, 0.2) is 18.2 Å². The number of carbonyl (C=O) groups excluding carboxylic acids is 1. The molecule has 7 nitrogen and oxygen atoms in total. The van der Waals surface area contributed by atoms with E-state index in [0.717, 1.165) is 11.0 Å². The van der Waals surface area contributed by atoms with E-state index >= 15 is 0 Å². The van der Waals surface area contributed by atoms with Crippen LogP contribution >= 0.6 is 11.6 Å². The van der Waals surface area contributed by atoms with Crippen LogP contribution in [0.1, 0.15) is 31.5 Å². The van der Waals surface area contributed by atoms with Gasteiger partial charge in [0.1, 0.15) is 5.82 Å². The highest BCUT2D eigenvalue weighted by Gasteiger charge is 2.26. The zero-order valence-corrected chi connectivity index (χ0v) is 13.8. The van der Waals surface area contributed by atoms with Gasteiger partial charge in [-0.25, -0.2) is 9.78 Å². The van der Waals surface area contributed by atoms with Crippen LogP contribution in [0.5, 0.6) is 0 Å². The molecule has 4 N–H and O–H groups in total. The van der Waals surface area contributed by atoms with Crippen LogP contribution in [0.3, 0.4) is 0 Å². The van der Waals surface area contributed by atoms with Crippen LogP contribution < -0.4 is 10.6 Å². The van der Waals surface area contributed by atoms with Crippen molar-refractivity contribution in [3.8, 4) is 0 Å². The third-order valence-corrected chi connectivity index (χ3v) is 4.58. The lowest BCUT2D eigenvalue weighted by Gasteiger charge is -2.27. The van der Waals surface area contributed by atoms with Crippen LogP contribution in [0, 0.1) is 5.92 Å². The molecule has 1 aliphatic rings. The molecular weight excluding hydrogens is 332 g/mol. The lowest BCUT2D eigenvalue weighted by Crippen LogP contribution is -2.40. The fraction of sp³-hybridized carbons (Fsp3) is 0.438. The number of hydrogen-bond donors (Lipinski definition) is 4. The van der Waals surface area contributed by atoms with Crippen LogP contribution in [0.4, 0.5) is 4.79 Å². The third-order valence-electron chi connectivity index (χ3n) is 4.35. The Bertz CT molecular complexity index is 753. The fourth-order valence-electron chi connectivity index (χ4n) is 3.11. The standard InChI is InChI=1S/C16H19ClN4O3/c17-10-3-6-12-13(7-10)21-14(20-12)8-18-15(22)9-1-4-11(5-2-9)19-16(23)24/h3,6-7,9,11,19H,1-2,4-5,8H2,(H,18,22)(H,20,21)(H,23,24)/t9-,11-. The first-order chi connectivity index (χ1) is 11.5. The number of imidazole rings is 1. The van der Waals surface area contributed by atoms with Crippen LogP contribution in [-0.2, 0) is 11.3 Å². The van der Waals surface area contributed by atoms with Gasteiger partial charge >= 0.3 is 6.09 Å². The highest BCUT2D eigenvalue weighted by Crippen LogP contribution is 2.24. The average molecular weight is 351 g/mol. The maximum Gasteiger partial charge on any atom is 0.404 e. The number of aromatic amines is 1. The smallest absolute Gasteiger partial charge is 0.404 e. The van der Waals surface area contributed by atoms with Gasteiger partial charge in [-0.3, -0.25) is 4.79 Å². The molecule has 1 aromatic carbocycles. The van der Waals surface area contributed by atoms with Crippen molar-refractivity contribution in [3.05, 3.63) is 29.0 Å². The minimum absolute atomic E-state index is 0.0118. The van der Waals surface area contributed by atoms with E-state index in [1.165, 1.54) is 0 Å². The molecule has 2 aromatic rings. The SMILES string of the molecule is O=C(O)N[C@H]1CC[C@H](C(=O)NCc2nc3ccc(Cl)cc3[nH]2)CC1. The molecule has 2 amide bonds. The van der Waals surface area contributed by atoms with Gasteiger partial charge in [-0.05, 0) is 43.9 Å². The monoisotopic (exact) mass is 350 g/mol. The van der Waals surface area contributed by atoms with Gasteiger partial charge in [-0.2, -0.15) is 0 Å². The van der Waals surface area contributed by atoms with E-state index in [-0.39, 0.29) is 17.9 Å². The number of benzene rings is 1. The van der Waals surface area contributed by atoms with Crippen LogP contribution in [0.25, 0.3) is 11.0 Å². The lowest BCUT2D eigenvalue weighted by atomic mass is 9.85. The lowest BCUT2D eigenvalue weighted by molar-refractivity contribution is -0.126. The molecule has 1 aromatic heterocycles. The maximum absolute atomic E-state index is 12.3. The number of rotatable bonds is 4. The zero-order valence-electron chi connectivity index (χ0n) is 13.0. The van der Waals surface area contributed by atoms with E-state index in [1.807, 2.05) is 6.07 Å². The van der Waals surface area contributed by atoms with Crippen molar-refractivity contribution in [3.63, 3.8) is 0 Å². The van der Waals surface area contributed by atoms with E-state index < -0.39 is 6.09 Å². The van der Waals surface area contributed by atoms with Gasteiger partial charge in [0.15, 0.2) is 0 Å².